The lowest BCUT2D eigenvalue weighted by molar-refractivity contribution is -0.136. The number of aromatic carboxylic acids is 1. The minimum atomic E-state index is -1.20. The van der Waals surface area contributed by atoms with E-state index < -0.39 is 18.4 Å². The van der Waals surface area contributed by atoms with E-state index in [4.69, 9.17) is 14.6 Å². The summed E-state index contributed by atoms with van der Waals surface area (Å²) < 4.78 is 5.30. The molecule has 0 unspecified atom stereocenters. The van der Waals surface area contributed by atoms with E-state index in [1.165, 1.54) is 0 Å². The number of carboxylic acids is 2. The molecule has 0 amide bonds. The summed E-state index contributed by atoms with van der Waals surface area (Å²) in [6.07, 6.45) is -0.436. The number of halogens is 1. The van der Waals surface area contributed by atoms with E-state index in [0.717, 1.165) is 0 Å². The molecule has 0 fully saturated rings. The Hall–Kier alpha value is -1.30. The summed E-state index contributed by atoms with van der Waals surface area (Å²) >= 11 is 3.02. The van der Waals surface area contributed by atoms with Gasteiger partial charge in [0.15, 0.2) is 0 Å². The third-order valence-electron chi connectivity index (χ3n) is 1.61. The van der Waals surface area contributed by atoms with Gasteiger partial charge >= 0.3 is 11.9 Å². The molecule has 0 saturated heterocycles. The monoisotopic (exact) mass is 262 g/mol. The number of carbonyl (C=O) groups is 2. The second-order valence-electron chi connectivity index (χ2n) is 2.65. The van der Waals surface area contributed by atoms with Crippen LogP contribution in [-0.4, -0.2) is 22.2 Å². The summed E-state index contributed by atoms with van der Waals surface area (Å²) in [6, 6.07) is 0. The molecule has 1 aromatic heterocycles. The molecule has 0 aliphatic rings. The van der Waals surface area contributed by atoms with Crippen LogP contribution in [0.5, 0.6) is 0 Å². The SMILES string of the molecule is Cc1oc(CC(=O)O)c(C(=O)O)c1Br. The summed E-state index contributed by atoms with van der Waals surface area (Å²) in [5.74, 6) is -2.02. The fourth-order valence-electron chi connectivity index (χ4n) is 1.05. The van der Waals surface area contributed by atoms with Crippen LogP contribution in [0.2, 0.25) is 0 Å². The first kappa shape index (κ1) is 10.8. The van der Waals surface area contributed by atoms with Gasteiger partial charge in [0.1, 0.15) is 23.5 Å². The average Bonchev–Trinajstić information content (AvgIpc) is 2.26. The number of hydrogen-bond donors (Lipinski definition) is 2. The van der Waals surface area contributed by atoms with Gasteiger partial charge < -0.3 is 14.6 Å². The van der Waals surface area contributed by atoms with Crippen LogP contribution >= 0.6 is 15.9 Å². The van der Waals surface area contributed by atoms with Crippen molar-refractivity contribution in [2.24, 2.45) is 0 Å². The third kappa shape index (κ3) is 1.95. The topological polar surface area (TPSA) is 87.7 Å². The van der Waals surface area contributed by atoms with Gasteiger partial charge in [-0.15, -0.1) is 0 Å². The number of rotatable bonds is 3. The highest BCUT2D eigenvalue weighted by atomic mass is 79.9. The molecule has 0 saturated carbocycles. The van der Waals surface area contributed by atoms with E-state index in [-0.39, 0.29) is 11.3 Å². The highest BCUT2D eigenvalue weighted by Crippen LogP contribution is 2.28. The molecule has 0 atom stereocenters. The fraction of sp³-hybridized carbons (Fsp3) is 0.250. The number of carboxylic acid groups (broad SMARTS) is 2. The van der Waals surface area contributed by atoms with Gasteiger partial charge in [-0.05, 0) is 22.9 Å². The smallest absolute Gasteiger partial charge is 0.340 e. The maximum atomic E-state index is 10.8. The van der Waals surface area contributed by atoms with Crippen molar-refractivity contribution in [1.82, 2.24) is 0 Å². The van der Waals surface area contributed by atoms with Gasteiger partial charge in [-0.1, -0.05) is 0 Å². The first-order valence-corrected chi connectivity index (χ1v) is 4.45. The molecule has 2 N–H and O–H groups in total. The fourth-order valence-corrected chi connectivity index (χ4v) is 1.53. The summed E-state index contributed by atoms with van der Waals surface area (Å²) in [4.78, 5) is 21.2. The van der Waals surface area contributed by atoms with Crippen molar-refractivity contribution in [2.75, 3.05) is 0 Å². The zero-order valence-electron chi connectivity index (χ0n) is 7.20. The second-order valence-corrected chi connectivity index (χ2v) is 3.44. The molecule has 0 spiro atoms. The molecule has 6 heteroatoms. The third-order valence-corrected chi connectivity index (χ3v) is 2.56. The summed E-state index contributed by atoms with van der Waals surface area (Å²) in [6.45, 7) is 1.56. The summed E-state index contributed by atoms with van der Waals surface area (Å²) in [5, 5.41) is 17.3. The van der Waals surface area contributed by atoms with Gasteiger partial charge in [0.2, 0.25) is 0 Å². The van der Waals surface area contributed by atoms with Crippen LogP contribution in [0.4, 0.5) is 0 Å². The maximum absolute atomic E-state index is 10.8. The molecule has 14 heavy (non-hydrogen) atoms. The summed E-state index contributed by atoms with van der Waals surface area (Å²) in [7, 11) is 0. The van der Waals surface area contributed by atoms with Gasteiger partial charge in [-0.3, -0.25) is 4.79 Å². The van der Waals surface area contributed by atoms with Crippen molar-refractivity contribution in [3.05, 3.63) is 21.6 Å². The largest absolute Gasteiger partial charge is 0.481 e. The first-order chi connectivity index (χ1) is 6.43. The Morgan fingerprint density at radius 3 is 2.43 bits per heavy atom. The molecule has 76 valence electrons. The van der Waals surface area contributed by atoms with Crippen molar-refractivity contribution in [3.63, 3.8) is 0 Å². The lowest BCUT2D eigenvalue weighted by Gasteiger charge is -1.93. The van der Waals surface area contributed by atoms with Crippen LogP contribution in [-0.2, 0) is 11.2 Å². The number of furan rings is 1. The Bertz CT molecular complexity index is 393. The minimum Gasteiger partial charge on any atom is -0.481 e. The normalized spacial score (nSPS) is 10.1. The second kappa shape index (κ2) is 3.83. The molecule has 0 aliphatic heterocycles. The van der Waals surface area contributed by atoms with Gasteiger partial charge in [-0.2, -0.15) is 0 Å². The van der Waals surface area contributed by atoms with E-state index in [9.17, 15) is 9.59 Å². The van der Waals surface area contributed by atoms with E-state index in [1.807, 2.05) is 0 Å². The van der Waals surface area contributed by atoms with E-state index in [0.29, 0.717) is 10.2 Å². The molecule has 1 heterocycles. The first-order valence-electron chi connectivity index (χ1n) is 3.66. The van der Waals surface area contributed by atoms with Gasteiger partial charge in [-0.25, -0.2) is 4.79 Å². The Labute approximate surface area is 87.5 Å². The van der Waals surface area contributed by atoms with Crippen LogP contribution in [0.3, 0.4) is 0 Å². The highest BCUT2D eigenvalue weighted by molar-refractivity contribution is 9.10. The zero-order valence-corrected chi connectivity index (χ0v) is 8.79. The predicted molar refractivity (Wildman–Crippen MR) is 49.4 cm³/mol. The number of aliphatic carboxylic acids is 1. The van der Waals surface area contributed by atoms with Gasteiger partial charge in [0.25, 0.3) is 0 Å². The van der Waals surface area contributed by atoms with Crippen LogP contribution in [0.25, 0.3) is 0 Å². The molecule has 1 rings (SSSR count). The molecule has 0 aliphatic carbocycles. The lowest BCUT2D eigenvalue weighted by Crippen LogP contribution is -2.05. The number of aryl methyl sites for hydroxylation is 1. The quantitative estimate of drug-likeness (QED) is 0.866. The maximum Gasteiger partial charge on any atom is 0.340 e. The zero-order chi connectivity index (χ0) is 10.9. The number of hydrogen-bond acceptors (Lipinski definition) is 3. The van der Waals surface area contributed by atoms with E-state index >= 15 is 0 Å². The molecule has 0 bridgehead atoms. The van der Waals surface area contributed by atoms with Gasteiger partial charge in [0.05, 0.1) is 4.47 Å². The Kier molecular flexibility index (Phi) is 2.95. The highest BCUT2D eigenvalue weighted by Gasteiger charge is 2.23. The predicted octanol–water partition coefficient (Wildman–Crippen LogP) is 1.68. The van der Waals surface area contributed by atoms with Crippen molar-refractivity contribution in [2.45, 2.75) is 13.3 Å². The molecule has 0 aromatic carbocycles. The van der Waals surface area contributed by atoms with Crippen LogP contribution in [0.15, 0.2) is 8.89 Å². The standard InChI is InChI=1S/C8H7BrO5/c1-3-7(9)6(8(12)13)4(14-3)2-5(10)11/h2H2,1H3,(H,10,11)(H,12,13). The Balaban J connectivity index is 3.22. The average molecular weight is 263 g/mol. The van der Waals surface area contributed by atoms with Crippen molar-refractivity contribution >= 4 is 27.9 Å². The van der Waals surface area contributed by atoms with Crippen LogP contribution in [0, 0.1) is 6.92 Å². The van der Waals surface area contributed by atoms with Crippen molar-refractivity contribution in [1.29, 1.82) is 0 Å². The van der Waals surface area contributed by atoms with E-state index in [2.05, 4.69) is 15.9 Å². The van der Waals surface area contributed by atoms with Crippen molar-refractivity contribution < 1.29 is 24.2 Å². The molecule has 0 radical (unpaired) electrons. The van der Waals surface area contributed by atoms with Crippen LogP contribution in [0.1, 0.15) is 21.9 Å². The molecule has 1 aromatic rings. The van der Waals surface area contributed by atoms with Gasteiger partial charge in [0, 0.05) is 0 Å². The molecule has 5 nitrogen and oxygen atoms in total. The summed E-state index contributed by atoms with van der Waals surface area (Å²) in [5.41, 5.74) is -0.120. The molecular formula is C8H7BrO5. The van der Waals surface area contributed by atoms with Crippen LogP contribution < -0.4 is 0 Å². The molecular weight excluding hydrogens is 256 g/mol. The Morgan fingerprint density at radius 1 is 1.43 bits per heavy atom. The minimum absolute atomic E-state index is 0.0469. The van der Waals surface area contributed by atoms with Crippen molar-refractivity contribution in [3.8, 4) is 0 Å². The van der Waals surface area contributed by atoms with E-state index in [1.54, 1.807) is 6.92 Å². The Morgan fingerprint density at radius 2 is 2.00 bits per heavy atom. The lowest BCUT2D eigenvalue weighted by atomic mass is 10.2.